The molecular weight excluding hydrogens is 232 g/mol. The highest BCUT2D eigenvalue weighted by atomic mass is 16.4. The summed E-state index contributed by atoms with van der Waals surface area (Å²) in [7, 11) is 2.11. The first-order valence-electron chi connectivity index (χ1n) is 6.13. The van der Waals surface area contributed by atoms with Crippen molar-refractivity contribution in [2.75, 3.05) is 32.0 Å². The number of anilines is 1. The SMILES string of the molecule is CN1CCCC(CNc2nccnc2C(=O)O)C1. The molecule has 0 aromatic carbocycles. The molecule has 0 aliphatic carbocycles. The highest BCUT2D eigenvalue weighted by Gasteiger charge is 2.18. The minimum Gasteiger partial charge on any atom is -0.476 e. The van der Waals surface area contributed by atoms with E-state index in [-0.39, 0.29) is 5.69 Å². The van der Waals surface area contributed by atoms with E-state index in [1.165, 1.54) is 25.2 Å². The lowest BCUT2D eigenvalue weighted by atomic mass is 9.98. The van der Waals surface area contributed by atoms with Crippen LogP contribution in [-0.2, 0) is 0 Å². The largest absolute Gasteiger partial charge is 0.476 e. The molecule has 0 bridgehead atoms. The Balaban J connectivity index is 1.95. The van der Waals surface area contributed by atoms with Crippen molar-refractivity contribution in [3.8, 4) is 0 Å². The van der Waals surface area contributed by atoms with Crippen molar-refractivity contribution in [2.45, 2.75) is 12.8 Å². The molecule has 0 spiro atoms. The summed E-state index contributed by atoms with van der Waals surface area (Å²) in [6.07, 6.45) is 5.25. The first-order valence-corrected chi connectivity index (χ1v) is 6.13. The third-order valence-electron chi connectivity index (χ3n) is 3.18. The van der Waals surface area contributed by atoms with Crippen LogP contribution in [0.4, 0.5) is 5.82 Å². The van der Waals surface area contributed by atoms with Crippen LogP contribution in [0.15, 0.2) is 12.4 Å². The van der Waals surface area contributed by atoms with Crippen LogP contribution < -0.4 is 5.32 Å². The first kappa shape index (κ1) is 12.8. The molecule has 1 aromatic rings. The summed E-state index contributed by atoms with van der Waals surface area (Å²) in [5.41, 5.74) is -0.0123. The Morgan fingerprint density at radius 3 is 3.06 bits per heavy atom. The smallest absolute Gasteiger partial charge is 0.358 e. The maximum absolute atomic E-state index is 11.0. The quantitative estimate of drug-likeness (QED) is 0.827. The highest BCUT2D eigenvalue weighted by Crippen LogP contribution is 2.16. The van der Waals surface area contributed by atoms with Crippen molar-refractivity contribution in [2.24, 2.45) is 5.92 Å². The third-order valence-corrected chi connectivity index (χ3v) is 3.18. The Kier molecular flexibility index (Phi) is 4.09. The van der Waals surface area contributed by atoms with Gasteiger partial charge >= 0.3 is 5.97 Å². The highest BCUT2D eigenvalue weighted by molar-refractivity contribution is 5.90. The maximum atomic E-state index is 11.0. The van der Waals surface area contributed by atoms with Crippen LogP contribution in [0.5, 0.6) is 0 Å². The average molecular weight is 250 g/mol. The molecule has 1 aliphatic rings. The fourth-order valence-corrected chi connectivity index (χ4v) is 2.30. The van der Waals surface area contributed by atoms with Crippen LogP contribution in [-0.4, -0.2) is 52.6 Å². The second kappa shape index (κ2) is 5.77. The fraction of sp³-hybridized carbons (Fsp3) is 0.583. The lowest BCUT2D eigenvalue weighted by Gasteiger charge is -2.29. The van der Waals surface area contributed by atoms with Crippen LogP contribution >= 0.6 is 0 Å². The van der Waals surface area contributed by atoms with Gasteiger partial charge < -0.3 is 15.3 Å². The van der Waals surface area contributed by atoms with Crippen molar-refractivity contribution in [1.82, 2.24) is 14.9 Å². The molecule has 1 saturated heterocycles. The lowest BCUT2D eigenvalue weighted by Crippen LogP contribution is -2.35. The van der Waals surface area contributed by atoms with E-state index >= 15 is 0 Å². The Hall–Kier alpha value is -1.69. The van der Waals surface area contributed by atoms with E-state index in [0.717, 1.165) is 19.6 Å². The minimum absolute atomic E-state index is 0.0123. The molecule has 98 valence electrons. The molecular formula is C12H18N4O2. The topological polar surface area (TPSA) is 78.3 Å². The van der Waals surface area contributed by atoms with Gasteiger partial charge in [0.15, 0.2) is 11.5 Å². The van der Waals surface area contributed by atoms with Gasteiger partial charge in [0, 0.05) is 25.5 Å². The lowest BCUT2D eigenvalue weighted by molar-refractivity contribution is 0.0691. The molecule has 6 nitrogen and oxygen atoms in total. The van der Waals surface area contributed by atoms with Crippen molar-refractivity contribution in [1.29, 1.82) is 0 Å². The molecule has 1 atom stereocenters. The van der Waals surface area contributed by atoms with Crippen molar-refractivity contribution < 1.29 is 9.90 Å². The van der Waals surface area contributed by atoms with Crippen molar-refractivity contribution in [3.05, 3.63) is 18.1 Å². The van der Waals surface area contributed by atoms with Crippen LogP contribution in [0.3, 0.4) is 0 Å². The van der Waals surface area contributed by atoms with E-state index in [9.17, 15) is 4.79 Å². The van der Waals surface area contributed by atoms with Gasteiger partial charge in [-0.25, -0.2) is 14.8 Å². The zero-order chi connectivity index (χ0) is 13.0. The Labute approximate surface area is 106 Å². The molecule has 1 unspecified atom stereocenters. The van der Waals surface area contributed by atoms with E-state index in [0.29, 0.717) is 11.7 Å². The van der Waals surface area contributed by atoms with Gasteiger partial charge in [-0.05, 0) is 32.4 Å². The van der Waals surface area contributed by atoms with Gasteiger partial charge in [-0.15, -0.1) is 0 Å². The zero-order valence-corrected chi connectivity index (χ0v) is 10.5. The number of nitrogens with one attached hydrogen (secondary N) is 1. The zero-order valence-electron chi connectivity index (χ0n) is 10.5. The van der Waals surface area contributed by atoms with Crippen LogP contribution in [0.25, 0.3) is 0 Å². The number of carboxylic acid groups (broad SMARTS) is 1. The number of carbonyl (C=O) groups is 1. The number of nitrogens with zero attached hydrogens (tertiary/aromatic N) is 3. The number of piperidine rings is 1. The molecule has 2 rings (SSSR count). The number of rotatable bonds is 4. The van der Waals surface area contributed by atoms with Gasteiger partial charge in [0.25, 0.3) is 0 Å². The second-order valence-electron chi connectivity index (χ2n) is 4.71. The molecule has 1 fully saturated rings. The number of aromatic nitrogens is 2. The molecule has 0 saturated carbocycles. The molecule has 0 radical (unpaired) electrons. The summed E-state index contributed by atoms with van der Waals surface area (Å²) in [6.45, 7) is 2.92. The van der Waals surface area contributed by atoms with E-state index in [1.54, 1.807) is 0 Å². The molecule has 6 heteroatoms. The van der Waals surface area contributed by atoms with Gasteiger partial charge in [-0.2, -0.15) is 0 Å². The standard InChI is InChI=1S/C12H18N4O2/c1-16-6-2-3-9(8-16)7-15-11-10(12(17)18)13-4-5-14-11/h4-5,9H,2-3,6-8H2,1H3,(H,14,15)(H,17,18). The van der Waals surface area contributed by atoms with Gasteiger partial charge in [-0.3, -0.25) is 0 Å². The summed E-state index contributed by atoms with van der Waals surface area (Å²) in [4.78, 5) is 21.1. The molecule has 1 aromatic heterocycles. The van der Waals surface area contributed by atoms with E-state index in [4.69, 9.17) is 5.11 Å². The van der Waals surface area contributed by atoms with Crippen LogP contribution in [0, 0.1) is 5.92 Å². The first-order chi connectivity index (χ1) is 8.66. The monoisotopic (exact) mass is 250 g/mol. The summed E-state index contributed by atoms with van der Waals surface area (Å²) >= 11 is 0. The Bertz CT molecular complexity index is 424. The van der Waals surface area contributed by atoms with E-state index in [2.05, 4.69) is 27.2 Å². The van der Waals surface area contributed by atoms with Gasteiger partial charge in [0.05, 0.1) is 0 Å². The Morgan fingerprint density at radius 1 is 1.56 bits per heavy atom. The van der Waals surface area contributed by atoms with E-state index in [1.807, 2.05) is 0 Å². The molecule has 18 heavy (non-hydrogen) atoms. The van der Waals surface area contributed by atoms with Crippen LogP contribution in [0.1, 0.15) is 23.3 Å². The molecule has 1 aliphatic heterocycles. The number of hydrogen-bond acceptors (Lipinski definition) is 5. The number of likely N-dealkylation sites (tertiary alicyclic amines) is 1. The normalized spacial score (nSPS) is 20.6. The number of aromatic carboxylic acids is 1. The van der Waals surface area contributed by atoms with Gasteiger partial charge in [0.2, 0.25) is 0 Å². The van der Waals surface area contributed by atoms with Crippen molar-refractivity contribution in [3.63, 3.8) is 0 Å². The number of hydrogen-bond donors (Lipinski definition) is 2. The Morgan fingerprint density at radius 2 is 2.33 bits per heavy atom. The third kappa shape index (κ3) is 3.16. The number of carboxylic acids is 1. The van der Waals surface area contributed by atoms with Crippen LogP contribution in [0.2, 0.25) is 0 Å². The van der Waals surface area contributed by atoms with E-state index < -0.39 is 5.97 Å². The summed E-state index contributed by atoms with van der Waals surface area (Å²) < 4.78 is 0. The fourth-order valence-electron chi connectivity index (χ4n) is 2.30. The molecule has 2 heterocycles. The van der Waals surface area contributed by atoms with Gasteiger partial charge in [0.1, 0.15) is 0 Å². The molecule has 0 amide bonds. The second-order valence-corrected chi connectivity index (χ2v) is 4.71. The van der Waals surface area contributed by atoms with Gasteiger partial charge in [-0.1, -0.05) is 0 Å². The summed E-state index contributed by atoms with van der Waals surface area (Å²) in [5.74, 6) is -0.156. The molecule has 2 N–H and O–H groups in total. The maximum Gasteiger partial charge on any atom is 0.358 e. The average Bonchev–Trinajstić information content (AvgIpc) is 2.37. The summed E-state index contributed by atoms with van der Waals surface area (Å²) in [5, 5.41) is 12.1. The predicted molar refractivity (Wildman–Crippen MR) is 67.7 cm³/mol. The summed E-state index contributed by atoms with van der Waals surface area (Å²) in [6, 6.07) is 0. The minimum atomic E-state index is -1.05. The van der Waals surface area contributed by atoms with Crippen molar-refractivity contribution >= 4 is 11.8 Å². The predicted octanol–water partition coefficient (Wildman–Crippen LogP) is 0.928.